The van der Waals surface area contributed by atoms with Crippen LogP contribution in [0.5, 0.6) is 0 Å². The van der Waals surface area contributed by atoms with Crippen LogP contribution in [0.1, 0.15) is 29.4 Å². The maximum Gasteiger partial charge on any atom is 0.354 e. The van der Waals surface area contributed by atoms with E-state index in [1.54, 1.807) is 6.07 Å². The number of aromatic nitrogens is 1. The van der Waals surface area contributed by atoms with Crippen LogP contribution in [-0.2, 0) is 6.42 Å². The van der Waals surface area contributed by atoms with Crippen LogP contribution in [0, 0.1) is 0 Å². The number of aliphatic hydroxyl groups is 2. The number of hydrogen-bond donors (Lipinski definition) is 3. The molecule has 0 atom stereocenters. The van der Waals surface area contributed by atoms with Gasteiger partial charge in [0.25, 0.3) is 0 Å². The second kappa shape index (κ2) is 4.37. The fourth-order valence-electron chi connectivity index (χ4n) is 1.08. The summed E-state index contributed by atoms with van der Waals surface area (Å²) in [5.41, 5.74) is 0.754. The highest BCUT2D eigenvalue weighted by Crippen LogP contribution is 2.10. The summed E-state index contributed by atoms with van der Waals surface area (Å²) in [6, 6.07) is 3.01. The molecule has 0 spiro atoms. The van der Waals surface area contributed by atoms with Crippen molar-refractivity contribution in [2.24, 2.45) is 0 Å². The molecular weight excluding hydrogens is 198 g/mol. The Morgan fingerprint density at radius 1 is 1.47 bits per heavy atom. The lowest BCUT2D eigenvalue weighted by Gasteiger charge is -2.14. The smallest absolute Gasteiger partial charge is 0.354 e. The standard InChI is InChI=1S/C10H13NO4/c1-10(14,15)5-4-7-2-3-8(9(12)13)11-6-7/h2-3,6,14-15H,4-5H2,1H3,(H,12,13). The molecule has 0 amide bonds. The van der Waals surface area contributed by atoms with E-state index < -0.39 is 11.8 Å². The van der Waals surface area contributed by atoms with Crippen molar-refractivity contribution in [3.63, 3.8) is 0 Å². The average molecular weight is 211 g/mol. The first-order chi connectivity index (χ1) is 6.88. The van der Waals surface area contributed by atoms with E-state index >= 15 is 0 Å². The van der Waals surface area contributed by atoms with E-state index in [-0.39, 0.29) is 12.1 Å². The Bertz CT molecular complexity index is 339. The summed E-state index contributed by atoms with van der Waals surface area (Å²) in [5.74, 6) is -2.78. The minimum absolute atomic E-state index is 0.0190. The molecule has 3 N–H and O–H groups in total. The molecule has 5 heteroatoms. The third kappa shape index (κ3) is 4.05. The van der Waals surface area contributed by atoms with Crippen LogP contribution in [0.4, 0.5) is 0 Å². The highest BCUT2D eigenvalue weighted by molar-refractivity contribution is 5.85. The van der Waals surface area contributed by atoms with Gasteiger partial charge in [0.05, 0.1) is 0 Å². The largest absolute Gasteiger partial charge is 0.477 e. The minimum atomic E-state index is -1.70. The zero-order valence-electron chi connectivity index (χ0n) is 8.34. The first-order valence-corrected chi connectivity index (χ1v) is 4.51. The number of carboxylic acid groups (broad SMARTS) is 1. The lowest BCUT2D eigenvalue weighted by atomic mass is 10.1. The van der Waals surface area contributed by atoms with Crippen molar-refractivity contribution in [3.8, 4) is 0 Å². The number of aryl methyl sites for hydroxylation is 1. The quantitative estimate of drug-likeness (QED) is 0.627. The van der Waals surface area contributed by atoms with Gasteiger partial charge in [0.2, 0.25) is 0 Å². The van der Waals surface area contributed by atoms with Gasteiger partial charge in [-0.05, 0) is 25.0 Å². The second-order valence-corrected chi connectivity index (χ2v) is 3.57. The molecule has 0 aliphatic rings. The zero-order valence-corrected chi connectivity index (χ0v) is 8.34. The Morgan fingerprint density at radius 3 is 2.53 bits per heavy atom. The van der Waals surface area contributed by atoms with Crippen LogP contribution in [0.25, 0.3) is 0 Å². The van der Waals surface area contributed by atoms with E-state index in [1.807, 2.05) is 0 Å². The van der Waals surface area contributed by atoms with Gasteiger partial charge in [0.1, 0.15) is 5.69 Å². The van der Waals surface area contributed by atoms with Gasteiger partial charge < -0.3 is 15.3 Å². The van der Waals surface area contributed by atoms with Crippen LogP contribution in [-0.4, -0.2) is 32.1 Å². The van der Waals surface area contributed by atoms with Crippen molar-refractivity contribution in [3.05, 3.63) is 29.6 Å². The molecular formula is C10H13NO4. The molecule has 0 radical (unpaired) electrons. The summed E-state index contributed by atoms with van der Waals surface area (Å²) in [5, 5.41) is 26.7. The van der Waals surface area contributed by atoms with Crippen LogP contribution in [0.2, 0.25) is 0 Å². The fraction of sp³-hybridized carbons (Fsp3) is 0.400. The number of pyridine rings is 1. The summed E-state index contributed by atoms with van der Waals surface area (Å²) in [6.45, 7) is 1.30. The van der Waals surface area contributed by atoms with Crippen LogP contribution in [0.3, 0.4) is 0 Å². The topological polar surface area (TPSA) is 90.7 Å². The van der Waals surface area contributed by atoms with E-state index in [1.165, 1.54) is 19.2 Å². The van der Waals surface area contributed by atoms with Gasteiger partial charge in [-0.15, -0.1) is 0 Å². The van der Waals surface area contributed by atoms with E-state index in [2.05, 4.69) is 4.98 Å². The van der Waals surface area contributed by atoms with Crippen molar-refractivity contribution in [2.75, 3.05) is 0 Å². The number of aromatic carboxylic acids is 1. The second-order valence-electron chi connectivity index (χ2n) is 3.57. The molecule has 0 aliphatic heterocycles. The predicted molar refractivity (Wildman–Crippen MR) is 52.4 cm³/mol. The highest BCUT2D eigenvalue weighted by atomic mass is 16.5. The summed E-state index contributed by atoms with van der Waals surface area (Å²) in [7, 11) is 0. The maximum absolute atomic E-state index is 10.5. The van der Waals surface area contributed by atoms with Gasteiger partial charge in [0, 0.05) is 12.6 Å². The monoisotopic (exact) mass is 211 g/mol. The SMILES string of the molecule is CC(O)(O)CCc1ccc(C(=O)O)nc1. The fourth-order valence-corrected chi connectivity index (χ4v) is 1.08. The first kappa shape index (κ1) is 11.6. The van der Waals surface area contributed by atoms with Gasteiger partial charge in [-0.2, -0.15) is 0 Å². The molecule has 0 aliphatic carbocycles. The summed E-state index contributed by atoms with van der Waals surface area (Å²) < 4.78 is 0. The molecule has 1 rings (SSSR count). The number of carboxylic acids is 1. The van der Waals surface area contributed by atoms with Crippen molar-refractivity contribution in [1.29, 1.82) is 0 Å². The van der Waals surface area contributed by atoms with Crippen molar-refractivity contribution >= 4 is 5.97 Å². The van der Waals surface area contributed by atoms with Gasteiger partial charge >= 0.3 is 5.97 Å². The molecule has 5 nitrogen and oxygen atoms in total. The molecule has 82 valence electrons. The maximum atomic E-state index is 10.5. The Balaban J connectivity index is 2.61. The van der Waals surface area contributed by atoms with Crippen LogP contribution < -0.4 is 0 Å². The first-order valence-electron chi connectivity index (χ1n) is 4.51. The molecule has 0 saturated carbocycles. The Kier molecular flexibility index (Phi) is 3.39. The molecule has 0 saturated heterocycles. The van der Waals surface area contributed by atoms with E-state index in [9.17, 15) is 4.79 Å². The Morgan fingerprint density at radius 2 is 2.13 bits per heavy atom. The number of hydrogen-bond acceptors (Lipinski definition) is 4. The molecule has 0 fully saturated rings. The molecule has 0 bridgehead atoms. The lowest BCUT2D eigenvalue weighted by molar-refractivity contribution is -0.148. The van der Waals surface area contributed by atoms with Crippen molar-refractivity contribution in [2.45, 2.75) is 25.6 Å². The average Bonchev–Trinajstić information content (AvgIpc) is 2.14. The van der Waals surface area contributed by atoms with Gasteiger partial charge in [-0.1, -0.05) is 6.07 Å². The zero-order chi connectivity index (χ0) is 11.5. The van der Waals surface area contributed by atoms with E-state index in [0.29, 0.717) is 6.42 Å². The number of nitrogens with zero attached hydrogens (tertiary/aromatic N) is 1. The van der Waals surface area contributed by atoms with Gasteiger partial charge in [-0.3, -0.25) is 0 Å². The third-order valence-electron chi connectivity index (χ3n) is 1.93. The van der Waals surface area contributed by atoms with Crippen molar-refractivity contribution in [1.82, 2.24) is 4.98 Å². The van der Waals surface area contributed by atoms with Crippen LogP contribution in [0.15, 0.2) is 18.3 Å². The molecule has 1 aromatic rings. The predicted octanol–water partition coefficient (Wildman–Crippen LogP) is 0.413. The molecule has 0 aromatic carbocycles. The molecule has 15 heavy (non-hydrogen) atoms. The molecule has 0 unspecified atom stereocenters. The molecule has 1 aromatic heterocycles. The molecule has 1 heterocycles. The highest BCUT2D eigenvalue weighted by Gasteiger charge is 2.14. The number of carbonyl (C=O) groups is 1. The minimum Gasteiger partial charge on any atom is -0.477 e. The van der Waals surface area contributed by atoms with E-state index in [4.69, 9.17) is 15.3 Å². The number of rotatable bonds is 4. The van der Waals surface area contributed by atoms with Crippen molar-refractivity contribution < 1.29 is 20.1 Å². The normalized spacial score (nSPS) is 11.4. The Hall–Kier alpha value is -1.46. The lowest BCUT2D eigenvalue weighted by Crippen LogP contribution is -2.23. The van der Waals surface area contributed by atoms with Crippen LogP contribution >= 0.6 is 0 Å². The summed E-state index contributed by atoms with van der Waals surface area (Å²) in [6.07, 6.45) is 2.05. The summed E-state index contributed by atoms with van der Waals surface area (Å²) >= 11 is 0. The third-order valence-corrected chi connectivity index (χ3v) is 1.93. The van der Waals surface area contributed by atoms with Gasteiger partial charge in [0.15, 0.2) is 5.79 Å². The summed E-state index contributed by atoms with van der Waals surface area (Å²) in [4.78, 5) is 14.2. The Labute approximate surface area is 87.0 Å². The van der Waals surface area contributed by atoms with E-state index in [0.717, 1.165) is 5.56 Å². The van der Waals surface area contributed by atoms with Gasteiger partial charge in [-0.25, -0.2) is 9.78 Å².